The third-order valence-corrected chi connectivity index (χ3v) is 17.7. The Morgan fingerprint density at radius 1 is 0.861 bits per heavy atom. The lowest BCUT2D eigenvalue weighted by Gasteiger charge is -2.51. The van der Waals surface area contributed by atoms with Crippen molar-refractivity contribution in [2.75, 3.05) is 20.8 Å². The number of likely N-dealkylation sites (tertiary alicyclic amines) is 1. The Bertz CT molecular complexity index is 1990. The summed E-state index contributed by atoms with van der Waals surface area (Å²) in [6.45, 7) is 22.7. The van der Waals surface area contributed by atoms with Gasteiger partial charge in [0, 0.05) is 63.1 Å². The summed E-state index contributed by atoms with van der Waals surface area (Å²) in [5.74, 6) is -4.73. The van der Waals surface area contributed by atoms with Crippen LogP contribution in [0.25, 0.3) is 0 Å². The average molecular weight is 1040 g/mol. The van der Waals surface area contributed by atoms with Crippen LogP contribution in [-0.2, 0) is 53.9 Å². The molecule has 0 spiro atoms. The average Bonchev–Trinajstić information content (AvgIpc) is 3.85. The molecule has 6 rings (SSSR count). The number of hydrogen-bond acceptors (Lipinski definition) is 14. The first kappa shape index (κ1) is 58.7. The van der Waals surface area contributed by atoms with Crippen LogP contribution in [0.2, 0.25) is 5.02 Å². The molecule has 0 radical (unpaired) electrons. The van der Waals surface area contributed by atoms with E-state index in [4.69, 9.17) is 49.5 Å². The van der Waals surface area contributed by atoms with Gasteiger partial charge in [-0.25, -0.2) is 9.18 Å². The van der Waals surface area contributed by atoms with Crippen molar-refractivity contribution in [2.24, 2.45) is 23.7 Å². The fraction of sp³-hybridized carbons (Fsp3) is 0.836. The number of hydrogen-bond donors (Lipinski definition) is 2. The molecule has 0 saturated carbocycles. The molecule has 5 aliphatic rings. The van der Waals surface area contributed by atoms with E-state index in [0.717, 1.165) is 38.5 Å². The Balaban J connectivity index is 1.45. The normalized spacial score (nSPS) is 42.8. The zero-order valence-electron chi connectivity index (χ0n) is 45.6. The smallest absolute Gasteiger partial charge is 0.410 e. The molecule has 0 aliphatic carbocycles. The Labute approximate surface area is 433 Å². The second kappa shape index (κ2) is 24.2. The number of ketones is 1. The summed E-state index contributed by atoms with van der Waals surface area (Å²) in [5.41, 5.74) is -3.19. The molecule has 72 heavy (non-hydrogen) atoms. The number of carbonyl (C=O) groups excluding carboxylic acids is 3. The number of methoxy groups -OCH3 is 2. The van der Waals surface area contributed by atoms with Crippen molar-refractivity contribution in [1.29, 1.82) is 0 Å². The highest BCUT2D eigenvalue weighted by molar-refractivity contribution is 6.30. The van der Waals surface area contributed by atoms with Crippen molar-refractivity contribution in [3.63, 3.8) is 0 Å². The van der Waals surface area contributed by atoms with E-state index in [1.54, 1.807) is 47.8 Å². The topological polar surface area (TPSA) is 172 Å². The quantitative estimate of drug-likeness (QED) is 0.160. The van der Waals surface area contributed by atoms with Gasteiger partial charge in [-0.15, -0.1) is 0 Å². The van der Waals surface area contributed by atoms with E-state index in [1.165, 1.54) is 24.1 Å². The van der Waals surface area contributed by atoms with Crippen LogP contribution in [0.4, 0.5) is 9.18 Å². The molecule has 20 atom stereocenters. The van der Waals surface area contributed by atoms with E-state index in [-0.39, 0.29) is 55.2 Å². The fourth-order valence-corrected chi connectivity index (χ4v) is 13.6. The summed E-state index contributed by atoms with van der Waals surface area (Å²) >= 11 is 6.16. The number of halogens is 2. The highest BCUT2D eigenvalue weighted by Crippen LogP contribution is 2.46. The molecule has 1 amide bonds. The van der Waals surface area contributed by atoms with Crippen molar-refractivity contribution >= 4 is 29.4 Å². The van der Waals surface area contributed by atoms with E-state index in [0.29, 0.717) is 24.1 Å². The second-order valence-electron chi connectivity index (χ2n) is 22.6. The predicted molar refractivity (Wildman–Crippen MR) is 270 cm³/mol. The lowest BCUT2D eigenvalue weighted by atomic mass is 9.73. The molecule has 5 fully saturated rings. The van der Waals surface area contributed by atoms with Crippen LogP contribution >= 0.6 is 11.6 Å². The first-order valence-electron chi connectivity index (χ1n) is 27.0. The number of carbonyl (C=O) groups is 3. The monoisotopic (exact) mass is 1040 g/mol. The van der Waals surface area contributed by atoms with Crippen molar-refractivity contribution in [3.8, 4) is 0 Å². The van der Waals surface area contributed by atoms with Crippen molar-refractivity contribution < 1.29 is 66.9 Å². The van der Waals surface area contributed by atoms with Gasteiger partial charge in [0.2, 0.25) is 0 Å². The highest BCUT2D eigenvalue weighted by atomic mass is 35.5. The minimum Gasteiger partial charge on any atom is -0.458 e. The molecule has 20 unspecified atom stereocenters. The number of rotatable bonds is 15. The van der Waals surface area contributed by atoms with Crippen molar-refractivity contribution in [3.05, 3.63) is 34.6 Å². The van der Waals surface area contributed by atoms with Gasteiger partial charge in [-0.3, -0.25) is 19.4 Å². The number of esters is 1. The molecule has 5 saturated heterocycles. The number of fused-ring (bicyclic) bond motifs is 1. The summed E-state index contributed by atoms with van der Waals surface area (Å²) in [6, 6.07) is 3.85. The van der Waals surface area contributed by atoms with E-state index in [9.17, 15) is 19.4 Å². The molecule has 410 valence electrons. The fourth-order valence-electron chi connectivity index (χ4n) is 13.4. The number of aliphatic hydroxyl groups is 2. The maximum Gasteiger partial charge on any atom is 0.410 e. The molecule has 1 aromatic carbocycles. The minimum absolute atomic E-state index is 0.0505. The predicted octanol–water partition coefficient (Wildman–Crippen LogP) is 8.81. The van der Waals surface area contributed by atoms with Gasteiger partial charge in [0.25, 0.3) is 0 Å². The maximum atomic E-state index is 15.2. The molecular formula is C55H88ClFN2O13. The number of aliphatic hydroxyl groups excluding tert-OH is 2. The van der Waals surface area contributed by atoms with Crippen LogP contribution in [-0.4, -0.2) is 155 Å². The minimum atomic E-state index is -1.50. The molecule has 5 aliphatic heterocycles. The van der Waals surface area contributed by atoms with Crippen LogP contribution in [0.15, 0.2) is 18.2 Å². The van der Waals surface area contributed by atoms with Gasteiger partial charge in [0.15, 0.2) is 18.2 Å². The Hall–Kier alpha value is -2.51. The van der Waals surface area contributed by atoms with Gasteiger partial charge >= 0.3 is 12.1 Å². The lowest BCUT2D eigenvalue weighted by molar-refractivity contribution is -0.320. The first-order chi connectivity index (χ1) is 33.9. The number of Topliss-reactive ketones (excluding diaryl/α,β-unsaturated/α-hetero) is 1. The zero-order chi connectivity index (χ0) is 53.2. The van der Waals surface area contributed by atoms with Gasteiger partial charge in [-0.1, -0.05) is 72.1 Å². The molecule has 17 heteroatoms. The van der Waals surface area contributed by atoms with E-state index >= 15 is 9.59 Å². The summed E-state index contributed by atoms with van der Waals surface area (Å²) in [6.07, 6.45) is -1.34. The summed E-state index contributed by atoms with van der Waals surface area (Å²) in [4.78, 5) is 48.6. The van der Waals surface area contributed by atoms with Crippen molar-refractivity contribution in [2.45, 2.75) is 250 Å². The lowest BCUT2D eigenvalue weighted by Crippen LogP contribution is -2.63. The van der Waals surface area contributed by atoms with Gasteiger partial charge in [-0.2, -0.15) is 0 Å². The van der Waals surface area contributed by atoms with Crippen LogP contribution in [0.5, 0.6) is 0 Å². The summed E-state index contributed by atoms with van der Waals surface area (Å²) < 4.78 is 66.7. The number of benzene rings is 1. The third-order valence-electron chi connectivity index (χ3n) is 17.4. The number of amides is 1. The molecular weight excluding hydrogens is 951 g/mol. The Kier molecular flexibility index (Phi) is 19.8. The van der Waals surface area contributed by atoms with Gasteiger partial charge in [-0.05, 0) is 111 Å². The molecule has 15 nitrogen and oxygen atoms in total. The summed E-state index contributed by atoms with van der Waals surface area (Å²) in [5, 5.41) is 23.8. The molecule has 2 N–H and O–H groups in total. The molecule has 0 bridgehead atoms. The van der Waals surface area contributed by atoms with Gasteiger partial charge < -0.3 is 48.1 Å². The Morgan fingerprint density at radius 2 is 1.50 bits per heavy atom. The SMILES string of the molecule is CCCC1CCC(CCC)N1C1CC(C)OC(OC2C(C)C(OC3CC(C)(OC)C(O)C(C)O3)C(C)C(=O)OC(CC)C3(C)OC(=O)N(CCc4ccc(F)c(Cl)c4)C3C(C)C(=O)C(C)CC2(C)OC)C1O. The van der Waals surface area contributed by atoms with Crippen LogP contribution in [0, 0.1) is 29.5 Å². The standard InChI is InChI=1S/C55H88ClFN2O13/c1-15-18-37-21-22-38(19-16-2)59(37)41-26-31(5)67-51(45(41)61)71-49-33(7)46(70-43-29-53(10,65-13)48(62)35(9)68-43)34(8)50(63)69-42(17-3)55(12)47(32(6)44(60)30(4)28-54(49,11)66-14)58(52(64)72-55)25-24-36-20-23-40(57)39(56)27-36/h20,23,27,30-35,37-38,41-43,45-49,51,61-62H,15-19,21-22,24-26,28-29H2,1-14H3. The largest absolute Gasteiger partial charge is 0.458 e. The van der Waals surface area contributed by atoms with E-state index < -0.39 is 114 Å². The number of ether oxygens (including phenoxy) is 8. The number of nitrogens with zero attached hydrogens (tertiary/aromatic N) is 2. The van der Waals surface area contributed by atoms with Crippen molar-refractivity contribution in [1.82, 2.24) is 9.80 Å². The van der Waals surface area contributed by atoms with Crippen LogP contribution in [0.3, 0.4) is 0 Å². The maximum absolute atomic E-state index is 15.2. The molecule has 5 heterocycles. The van der Waals surface area contributed by atoms with Crippen LogP contribution < -0.4 is 0 Å². The molecule has 1 aromatic rings. The van der Waals surface area contributed by atoms with Crippen LogP contribution in [0.1, 0.15) is 153 Å². The number of cyclic esters (lactones) is 1. The highest BCUT2D eigenvalue weighted by Gasteiger charge is 2.61. The first-order valence-corrected chi connectivity index (χ1v) is 27.3. The summed E-state index contributed by atoms with van der Waals surface area (Å²) in [7, 11) is 3.08. The van der Waals surface area contributed by atoms with Gasteiger partial charge in [0.1, 0.15) is 29.9 Å². The second-order valence-corrected chi connectivity index (χ2v) is 23.0. The molecule has 0 aromatic heterocycles. The van der Waals surface area contributed by atoms with E-state index in [1.807, 2.05) is 34.6 Å². The zero-order valence-corrected chi connectivity index (χ0v) is 46.3. The van der Waals surface area contributed by atoms with E-state index in [2.05, 4.69) is 18.7 Å². The van der Waals surface area contributed by atoms with Gasteiger partial charge in [0.05, 0.1) is 52.6 Å². The Morgan fingerprint density at radius 3 is 2.08 bits per heavy atom. The third kappa shape index (κ3) is 12.0.